The summed E-state index contributed by atoms with van der Waals surface area (Å²) >= 11 is 0. The van der Waals surface area contributed by atoms with Crippen molar-refractivity contribution in [3.63, 3.8) is 0 Å². The molecule has 0 atom stereocenters. The Bertz CT molecular complexity index is 565. The molecular formula is C20H30O5. The van der Waals surface area contributed by atoms with E-state index >= 15 is 0 Å². The highest BCUT2D eigenvalue weighted by atomic mass is 16.5. The van der Waals surface area contributed by atoms with Crippen LogP contribution in [-0.2, 0) is 16.0 Å². The normalized spacial score (nSPS) is 10.5. The molecule has 0 aliphatic rings. The number of carbonyl (C=O) groups excluding carboxylic acids is 2. The molecule has 0 amide bonds. The molecule has 0 radical (unpaired) electrons. The third-order valence-electron chi connectivity index (χ3n) is 4.13. The van der Waals surface area contributed by atoms with Crippen LogP contribution in [0.25, 0.3) is 0 Å². The maximum Gasteiger partial charge on any atom is 0.305 e. The molecule has 0 bridgehead atoms. The van der Waals surface area contributed by atoms with Gasteiger partial charge in [0, 0.05) is 12.0 Å². The second kappa shape index (κ2) is 11.5. The van der Waals surface area contributed by atoms with Crippen molar-refractivity contribution in [2.24, 2.45) is 0 Å². The number of carbonyl (C=O) groups is 2. The maximum atomic E-state index is 11.6. The number of hydrogen-bond acceptors (Lipinski definition) is 5. The molecule has 140 valence electrons. The summed E-state index contributed by atoms with van der Waals surface area (Å²) < 4.78 is 10.4. The minimum atomic E-state index is -0.152. The van der Waals surface area contributed by atoms with Crippen molar-refractivity contribution in [2.45, 2.75) is 65.2 Å². The summed E-state index contributed by atoms with van der Waals surface area (Å²) in [5.74, 6) is 0.415. The van der Waals surface area contributed by atoms with Gasteiger partial charge in [-0.1, -0.05) is 32.6 Å². The van der Waals surface area contributed by atoms with Crippen LogP contribution in [-0.4, -0.2) is 30.6 Å². The molecule has 5 nitrogen and oxygen atoms in total. The van der Waals surface area contributed by atoms with Gasteiger partial charge in [-0.25, -0.2) is 0 Å². The highest BCUT2D eigenvalue weighted by Gasteiger charge is 2.15. The van der Waals surface area contributed by atoms with Crippen LogP contribution in [0.5, 0.6) is 11.5 Å². The Morgan fingerprint density at radius 2 is 1.76 bits per heavy atom. The number of esters is 1. The molecule has 0 saturated heterocycles. The number of hydrogen-bond donors (Lipinski definition) is 1. The summed E-state index contributed by atoms with van der Waals surface area (Å²) in [6, 6.07) is 3.40. The molecule has 5 heteroatoms. The lowest BCUT2D eigenvalue weighted by atomic mass is 10.0. The largest absolute Gasteiger partial charge is 0.507 e. The first-order chi connectivity index (χ1) is 12.0. The van der Waals surface area contributed by atoms with E-state index in [0.29, 0.717) is 36.3 Å². The molecule has 0 saturated carbocycles. The van der Waals surface area contributed by atoms with E-state index in [1.165, 1.54) is 14.0 Å². The van der Waals surface area contributed by atoms with E-state index in [-0.39, 0.29) is 17.5 Å². The van der Waals surface area contributed by atoms with Crippen LogP contribution in [0.4, 0.5) is 0 Å². The van der Waals surface area contributed by atoms with Gasteiger partial charge in [0.1, 0.15) is 11.5 Å². The van der Waals surface area contributed by atoms with Gasteiger partial charge in [-0.3, -0.25) is 9.59 Å². The average Bonchev–Trinajstić information content (AvgIpc) is 2.59. The Labute approximate surface area is 150 Å². The van der Waals surface area contributed by atoms with E-state index in [2.05, 4.69) is 4.74 Å². The number of ether oxygens (including phenoxy) is 2. The molecule has 25 heavy (non-hydrogen) atoms. The van der Waals surface area contributed by atoms with Crippen LogP contribution in [0.15, 0.2) is 12.1 Å². The monoisotopic (exact) mass is 350 g/mol. The van der Waals surface area contributed by atoms with E-state index < -0.39 is 0 Å². The summed E-state index contributed by atoms with van der Waals surface area (Å²) in [4.78, 5) is 22.5. The van der Waals surface area contributed by atoms with E-state index in [1.807, 2.05) is 6.92 Å². The molecule has 0 unspecified atom stereocenters. The summed E-state index contributed by atoms with van der Waals surface area (Å²) in [5.41, 5.74) is 1.06. The van der Waals surface area contributed by atoms with Gasteiger partial charge in [-0.15, -0.1) is 0 Å². The molecule has 1 aromatic rings. The van der Waals surface area contributed by atoms with Gasteiger partial charge in [0.25, 0.3) is 0 Å². The lowest BCUT2D eigenvalue weighted by Gasteiger charge is -2.14. The zero-order valence-electron chi connectivity index (χ0n) is 15.6. The van der Waals surface area contributed by atoms with Crippen LogP contribution in [0.2, 0.25) is 0 Å². The number of rotatable bonds is 12. The third kappa shape index (κ3) is 7.16. The number of methoxy groups -OCH3 is 1. The predicted molar refractivity (Wildman–Crippen MR) is 97.3 cm³/mol. The van der Waals surface area contributed by atoms with E-state index in [0.717, 1.165) is 38.5 Å². The number of Topliss-reactive ketones (excluding diaryl/α,β-unsaturated/α-hetero) is 1. The van der Waals surface area contributed by atoms with Crippen molar-refractivity contribution < 1.29 is 24.2 Å². The zero-order chi connectivity index (χ0) is 18.7. The lowest BCUT2D eigenvalue weighted by molar-refractivity contribution is -0.140. The van der Waals surface area contributed by atoms with E-state index in [9.17, 15) is 14.7 Å². The van der Waals surface area contributed by atoms with Crippen molar-refractivity contribution in [1.82, 2.24) is 0 Å². The second-order valence-corrected chi connectivity index (χ2v) is 6.19. The lowest BCUT2D eigenvalue weighted by Crippen LogP contribution is -2.03. The fourth-order valence-electron chi connectivity index (χ4n) is 2.71. The smallest absolute Gasteiger partial charge is 0.305 e. The number of unbranched alkanes of at least 4 members (excludes halogenated alkanes) is 4. The quantitative estimate of drug-likeness (QED) is 0.343. The number of phenolic OH excluding ortho intramolecular Hbond substituents is 1. The predicted octanol–water partition coefficient (Wildman–Crippen LogP) is 4.44. The van der Waals surface area contributed by atoms with Gasteiger partial charge in [-0.05, 0) is 38.3 Å². The standard InChI is InChI=1S/C20H30O5/c1-4-10-17-18(13-12-16(15(2)21)20(17)23)25-14-9-7-5-6-8-11-19(22)24-3/h12-13,23H,4-11,14H2,1-3H3. The van der Waals surface area contributed by atoms with Crippen molar-refractivity contribution in [2.75, 3.05) is 13.7 Å². The molecule has 1 aromatic carbocycles. The molecule has 1 rings (SSSR count). The van der Waals surface area contributed by atoms with Gasteiger partial charge in [0.2, 0.25) is 0 Å². The van der Waals surface area contributed by atoms with Gasteiger partial charge in [0.15, 0.2) is 5.78 Å². The number of ketones is 1. The number of benzene rings is 1. The Morgan fingerprint density at radius 3 is 2.40 bits per heavy atom. The van der Waals surface area contributed by atoms with Crippen molar-refractivity contribution in [3.05, 3.63) is 23.3 Å². The fraction of sp³-hybridized carbons (Fsp3) is 0.600. The molecule has 0 aliphatic carbocycles. The Hall–Kier alpha value is -2.04. The molecule has 0 heterocycles. The molecule has 1 N–H and O–H groups in total. The summed E-state index contributed by atoms with van der Waals surface area (Å²) in [7, 11) is 1.41. The van der Waals surface area contributed by atoms with E-state index in [1.54, 1.807) is 12.1 Å². The van der Waals surface area contributed by atoms with Gasteiger partial charge < -0.3 is 14.6 Å². The Balaban J connectivity index is 2.40. The fourth-order valence-corrected chi connectivity index (χ4v) is 2.71. The van der Waals surface area contributed by atoms with Crippen molar-refractivity contribution >= 4 is 11.8 Å². The summed E-state index contributed by atoms with van der Waals surface area (Å²) in [6.07, 6.45) is 6.88. The molecular weight excluding hydrogens is 320 g/mol. The molecule has 0 spiro atoms. The number of aromatic hydroxyl groups is 1. The van der Waals surface area contributed by atoms with Crippen LogP contribution in [0, 0.1) is 0 Å². The van der Waals surface area contributed by atoms with Gasteiger partial charge >= 0.3 is 5.97 Å². The SMILES string of the molecule is CCCc1c(OCCCCCCCC(=O)OC)ccc(C(C)=O)c1O. The van der Waals surface area contributed by atoms with Crippen molar-refractivity contribution in [3.8, 4) is 11.5 Å². The highest BCUT2D eigenvalue weighted by molar-refractivity contribution is 5.97. The topological polar surface area (TPSA) is 72.8 Å². The summed E-state index contributed by atoms with van der Waals surface area (Å²) in [5, 5.41) is 10.3. The van der Waals surface area contributed by atoms with Crippen LogP contribution in [0.1, 0.15) is 74.7 Å². The molecule has 0 aliphatic heterocycles. The van der Waals surface area contributed by atoms with Crippen LogP contribution >= 0.6 is 0 Å². The molecule has 0 aromatic heterocycles. The van der Waals surface area contributed by atoms with Crippen LogP contribution < -0.4 is 4.74 Å². The van der Waals surface area contributed by atoms with E-state index in [4.69, 9.17) is 4.74 Å². The van der Waals surface area contributed by atoms with Crippen LogP contribution in [0.3, 0.4) is 0 Å². The van der Waals surface area contributed by atoms with Gasteiger partial charge in [0.05, 0.1) is 19.3 Å². The highest BCUT2D eigenvalue weighted by Crippen LogP contribution is 2.33. The first kappa shape index (κ1) is 21.0. The first-order valence-corrected chi connectivity index (χ1v) is 9.06. The van der Waals surface area contributed by atoms with Gasteiger partial charge in [-0.2, -0.15) is 0 Å². The Morgan fingerprint density at radius 1 is 1.08 bits per heavy atom. The minimum absolute atomic E-state index is 0.0506. The zero-order valence-corrected chi connectivity index (χ0v) is 15.6. The minimum Gasteiger partial charge on any atom is -0.507 e. The first-order valence-electron chi connectivity index (χ1n) is 9.06. The Kier molecular flexibility index (Phi) is 9.66. The summed E-state index contributed by atoms with van der Waals surface area (Å²) in [6.45, 7) is 4.05. The van der Waals surface area contributed by atoms with Crippen molar-refractivity contribution in [1.29, 1.82) is 0 Å². The third-order valence-corrected chi connectivity index (χ3v) is 4.13. The second-order valence-electron chi connectivity index (χ2n) is 6.19. The number of phenols is 1. The molecule has 0 fully saturated rings. The average molecular weight is 350 g/mol. The maximum absolute atomic E-state index is 11.6.